The molecule has 0 aromatic heterocycles. The Morgan fingerprint density at radius 1 is 1.30 bits per heavy atom. The minimum absolute atomic E-state index is 0.0478. The first kappa shape index (κ1) is 15.1. The van der Waals surface area contributed by atoms with E-state index in [4.69, 9.17) is 15.2 Å². The number of carbonyl (C=O) groups is 2. The molecule has 2 heterocycles. The fourth-order valence-electron chi connectivity index (χ4n) is 2.96. The van der Waals surface area contributed by atoms with Crippen molar-refractivity contribution >= 4 is 12.1 Å². The van der Waals surface area contributed by atoms with Crippen molar-refractivity contribution in [2.24, 2.45) is 11.7 Å². The molecule has 4 unspecified atom stereocenters. The first-order valence-electron chi connectivity index (χ1n) is 6.81. The smallest absolute Gasteiger partial charge is 0.411 e. The van der Waals surface area contributed by atoms with E-state index in [9.17, 15) is 9.59 Å². The molecule has 2 aliphatic rings. The topological polar surface area (TPSA) is 93.9 Å². The van der Waals surface area contributed by atoms with Crippen molar-refractivity contribution in [2.75, 3.05) is 20.2 Å². The molecule has 2 saturated heterocycles. The Labute approximate surface area is 118 Å². The van der Waals surface area contributed by atoms with Crippen molar-refractivity contribution in [1.29, 1.82) is 0 Å². The summed E-state index contributed by atoms with van der Waals surface area (Å²) in [4.78, 5) is 25.8. The van der Waals surface area contributed by atoms with Gasteiger partial charge in [0, 0.05) is 25.0 Å². The van der Waals surface area contributed by atoms with Crippen LogP contribution in [0.3, 0.4) is 0 Å². The van der Waals surface area contributed by atoms with Crippen molar-refractivity contribution in [3.05, 3.63) is 0 Å². The lowest BCUT2D eigenvalue weighted by Crippen LogP contribution is -2.53. The number of amides is 1. The molecule has 2 aliphatic heterocycles. The van der Waals surface area contributed by atoms with Crippen molar-refractivity contribution in [1.82, 2.24) is 10.2 Å². The highest BCUT2D eigenvalue weighted by molar-refractivity contribution is 5.83. The van der Waals surface area contributed by atoms with Gasteiger partial charge in [0.25, 0.3) is 0 Å². The number of hydrogen-bond donors (Lipinski definition) is 2. The van der Waals surface area contributed by atoms with E-state index in [2.05, 4.69) is 5.32 Å². The molecule has 20 heavy (non-hydrogen) atoms. The molecular weight excluding hydrogens is 262 g/mol. The third kappa shape index (κ3) is 2.60. The van der Waals surface area contributed by atoms with E-state index < -0.39 is 29.7 Å². The van der Waals surface area contributed by atoms with Gasteiger partial charge >= 0.3 is 12.1 Å². The van der Waals surface area contributed by atoms with Gasteiger partial charge in [-0.2, -0.15) is 0 Å². The number of methoxy groups -OCH3 is 1. The summed E-state index contributed by atoms with van der Waals surface area (Å²) in [6.45, 7) is 6.68. The molecule has 2 fully saturated rings. The number of esters is 1. The Morgan fingerprint density at radius 2 is 1.95 bits per heavy atom. The molecule has 0 radical (unpaired) electrons. The zero-order chi connectivity index (χ0) is 15.1. The molecule has 0 saturated carbocycles. The Bertz CT molecular complexity index is 407. The molecule has 0 aliphatic carbocycles. The second kappa shape index (κ2) is 5.21. The maximum Gasteiger partial charge on any atom is 0.411 e. The first-order chi connectivity index (χ1) is 9.26. The third-order valence-corrected chi connectivity index (χ3v) is 3.79. The van der Waals surface area contributed by atoms with E-state index in [-0.39, 0.29) is 12.0 Å². The summed E-state index contributed by atoms with van der Waals surface area (Å²) in [7, 11) is 1.30. The van der Waals surface area contributed by atoms with Crippen LogP contribution in [0.4, 0.5) is 4.79 Å². The number of nitrogens with zero attached hydrogens (tertiary/aromatic N) is 1. The average molecular weight is 285 g/mol. The highest BCUT2D eigenvalue weighted by atomic mass is 16.6. The van der Waals surface area contributed by atoms with E-state index in [1.807, 2.05) is 0 Å². The van der Waals surface area contributed by atoms with Gasteiger partial charge < -0.3 is 20.5 Å². The van der Waals surface area contributed by atoms with Gasteiger partial charge in [0.05, 0.1) is 13.2 Å². The van der Waals surface area contributed by atoms with Gasteiger partial charge in [0.1, 0.15) is 11.6 Å². The number of rotatable bonds is 1. The minimum Gasteiger partial charge on any atom is -0.467 e. The summed E-state index contributed by atoms with van der Waals surface area (Å²) in [5.41, 5.74) is 5.52. The summed E-state index contributed by atoms with van der Waals surface area (Å²) in [6, 6.07) is -1.33. The van der Waals surface area contributed by atoms with Crippen LogP contribution < -0.4 is 11.1 Å². The van der Waals surface area contributed by atoms with Crippen LogP contribution in [-0.2, 0) is 14.3 Å². The lowest BCUT2D eigenvalue weighted by molar-refractivity contribution is -0.146. The first-order valence-corrected chi connectivity index (χ1v) is 6.81. The molecule has 3 N–H and O–H groups in total. The standard InChI is InChI=1S/C13H23N3O4/c1-13(2,3)20-12(18)16-8-6-15-5-7(8)9(14)10(16)11(17)19-4/h7-10,15H,5-6,14H2,1-4H3. The lowest BCUT2D eigenvalue weighted by atomic mass is 9.97. The van der Waals surface area contributed by atoms with E-state index in [1.165, 1.54) is 12.0 Å². The Morgan fingerprint density at radius 3 is 2.50 bits per heavy atom. The maximum atomic E-state index is 12.4. The number of fused-ring (bicyclic) bond motifs is 1. The van der Waals surface area contributed by atoms with Gasteiger partial charge in [-0.3, -0.25) is 4.90 Å². The van der Waals surface area contributed by atoms with Crippen molar-refractivity contribution < 1.29 is 19.1 Å². The molecule has 7 heteroatoms. The highest BCUT2D eigenvalue weighted by Gasteiger charge is 2.55. The second-order valence-electron chi connectivity index (χ2n) is 6.32. The predicted octanol–water partition coefficient (Wildman–Crippen LogP) is -0.306. The van der Waals surface area contributed by atoms with Crippen molar-refractivity contribution in [2.45, 2.75) is 44.5 Å². The molecule has 7 nitrogen and oxygen atoms in total. The van der Waals surface area contributed by atoms with Gasteiger partial charge in [-0.25, -0.2) is 9.59 Å². The van der Waals surface area contributed by atoms with E-state index in [0.717, 1.165) is 0 Å². The van der Waals surface area contributed by atoms with E-state index >= 15 is 0 Å². The summed E-state index contributed by atoms with van der Waals surface area (Å²) >= 11 is 0. The molecular formula is C13H23N3O4. The minimum atomic E-state index is -0.771. The number of nitrogens with one attached hydrogen (secondary N) is 1. The van der Waals surface area contributed by atoms with Gasteiger partial charge in [0.15, 0.2) is 0 Å². The summed E-state index contributed by atoms with van der Waals surface area (Å²) in [5.74, 6) is -0.440. The molecule has 0 aromatic carbocycles. The molecule has 114 valence electrons. The fourth-order valence-corrected chi connectivity index (χ4v) is 2.96. The zero-order valence-electron chi connectivity index (χ0n) is 12.4. The molecule has 0 bridgehead atoms. The number of nitrogens with two attached hydrogens (primary N) is 1. The number of hydrogen-bond acceptors (Lipinski definition) is 6. The second-order valence-corrected chi connectivity index (χ2v) is 6.32. The highest BCUT2D eigenvalue weighted by Crippen LogP contribution is 2.33. The predicted molar refractivity (Wildman–Crippen MR) is 72.0 cm³/mol. The average Bonchev–Trinajstić information content (AvgIpc) is 2.88. The third-order valence-electron chi connectivity index (χ3n) is 3.79. The molecule has 0 aromatic rings. The zero-order valence-corrected chi connectivity index (χ0v) is 12.4. The van der Waals surface area contributed by atoms with Crippen LogP contribution in [0.1, 0.15) is 20.8 Å². The molecule has 4 atom stereocenters. The lowest BCUT2D eigenvalue weighted by Gasteiger charge is -2.31. The van der Waals surface area contributed by atoms with Crippen LogP contribution in [-0.4, -0.2) is 60.9 Å². The fraction of sp³-hybridized carbons (Fsp3) is 0.846. The quantitative estimate of drug-likeness (QED) is 0.642. The maximum absolute atomic E-state index is 12.4. The van der Waals surface area contributed by atoms with Crippen LogP contribution in [0.15, 0.2) is 0 Å². The monoisotopic (exact) mass is 285 g/mol. The summed E-state index contributed by atoms with van der Waals surface area (Å²) in [5, 5.41) is 3.20. The van der Waals surface area contributed by atoms with Crippen molar-refractivity contribution in [3.8, 4) is 0 Å². The Kier molecular flexibility index (Phi) is 3.93. The van der Waals surface area contributed by atoms with Crippen LogP contribution >= 0.6 is 0 Å². The van der Waals surface area contributed by atoms with Crippen LogP contribution in [0.25, 0.3) is 0 Å². The van der Waals surface area contributed by atoms with Gasteiger partial charge in [-0.1, -0.05) is 0 Å². The Hall–Kier alpha value is -1.34. The van der Waals surface area contributed by atoms with E-state index in [1.54, 1.807) is 20.8 Å². The molecule has 1 amide bonds. The van der Waals surface area contributed by atoms with Gasteiger partial charge in [-0.15, -0.1) is 0 Å². The number of ether oxygens (including phenoxy) is 2. The Balaban J connectivity index is 2.25. The van der Waals surface area contributed by atoms with Crippen molar-refractivity contribution in [3.63, 3.8) is 0 Å². The van der Waals surface area contributed by atoms with E-state index in [0.29, 0.717) is 13.1 Å². The van der Waals surface area contributed by atoms with Gasteiger partial charge in [-0.05, 0) is 20.8 Å². The summed E-state index contributed by atoms with van der Waals surface area (Å²) in [6.07, 6.45) is -0.514. The van der Waals surface area contributed by atoms with Gasteiger partial charge in [0.2, 0.25) is 0 Å². The molecule has 2 rings (SSSR count). The number of carbonyl (C=O) groups excluding carboxylic acids is 2. The molecule has 0 spiro atoms. The summed E-state index contributed by atoms with van der Waals surface area (Å²) < 4.78 is 10.2. The number of likely N-dealkylation sites (tertiary alicyclic amines) is 1. The SMILES string of the molecule is COC(=O)C1C(N)C2CNCC2N1C(=O)OC(C)(C)C. The van der Waals surface area contributed by atoms with Crippen LogP contribution in [0, 0.1) is 5.92 Å². The largest absolute Gasteiger partial charge is 0.467 e. The normalized spacial score (nSPS) is 33.0. The van der Waals surface area contributed by atoms with Crippen LogP contribution in [0.2, 0.25) is 0 Å². The van der Waals surface area contributed by atoms with Crippen LogP contribution in [0.5, 0.6) is 0 Å².